The first kappa shape index (κ1) is 36.7. The van der Waals surface area contributed by atoms with Gasteiger partial charge >= 0.3 is 0 Å². The standard InChI is InChI=1S/C39H62N4O6/c1-7-42-16-10-14-29(42)20-40-37(46)26-12-8-11-25(17-26)30-15-9-13-27(36(30)48-6)21-43-35(34(24(3)45)33(22-44)49-43)38(47)41-32-19-28-18-31(23(32)2)39(28,4)5/h8,11-12,17,23-24,27-36,44-45H,7,9-10,13-16,18-22H2,1-6H3,(H,40,46)(H,41,47)/t23-,24-,27?,28+,29-,30?,31-,32?,33-,34-,35-,36?/m0/s1. The zero-order chi connectivity index (χ0) is 35.0. The number of carbonyl (C=O) groups excluding carboxylic acids is 2. The summed E-state index contributed by atoms with van der Waals surface area (Å²) in [5.41, 5.74) is 2.06. The van der Waals surface area contributed by atoms with Gasteiger partial charge in [-0.1, -0.05) is 46.2 Å². The monoisotopic (exact) mass is 682 g/mol. The largest absolute Gasteiger partial charge is 0.394 e. The van der Waals surface area contributed by atoms with Crippen molar-refractivity contribution < 1.29 is 29.4 Å². The second kappa shape index (κ2) is 15.3. The Hall–Kier alpha value is -2.08. The summed E-state index contributed by atoms with van der Waals surface area (Å²) >= 11 is 0. The molecule has 1 aromatic rings. The summed E-state index contributed by atoms with van der Waals surface area (Å²) in [5.74, 6) is 0.980. The van der Waals surface area contributed by atoms with Gasteiger partial charge in [-0.2, -0.15) is 5.06 Å². The molecule has 1 aromatic carbocycles. The number of rotatable bonds is 12. The van der Waals surface area contributed by atoms with Gasteiger partial charge in [0.15, 0.2) is 0 Å². The number of aliphatic hydroxyl groups excluding tert-OH is 2. The number of hydroxylamine groups is 2. The average molecular weight is 683 g/mol. The molecule has 0 radical (unpaired) electrons. The number of aliphatic hydroxyl groups is 2. The van der Waals surface area contributed by atoms with E-state index in [9.17, 15) is 19.8 Å². The number of nitrogens with zero attached hydrogens (tertiary/aromatic N) is 2. The number of fused-ring (bicyclic) bond motifs is 2. The second-order valence-electron chi connectivity index (χ2n) is 16.5. The molecule has 6 aliphatic rings. The number of ether oxygens (including phenoxy) is 1. The second-order valence-corrected chi connectivity index (χ2v) is 16.5. The summed E-state index contributed by atoms with van der Waals surface area (Å²) in [4.78, 5) is 36.2. The molecule has 4 unspecified atom stereocenters. The number of carbonyl (C=O) groups is 2. The van der Waals surface area contributed by atoms with Crippen molar-refractivity contribution in [2.75, 3.05) is 39.9 Å². The number of hydrogen-bond donors (Lipinski definition) is 4. The lowest BCUT2D eigenvalue weighted by atomic mass is 9.45. The Bertz CT molecular complexity index is 1310. The van der Waals surface area contributed by atoms with Crippen molar-refractivity contribution in [1.82, 2.24) is 20.6 Å². The summed E-state index contributed by atoms with van der Waals surface area (Å²) in [7, 11) is 1.75. The third-order valence-electron chi connectivity index (χ3n) is 13.7. The number of likely N-dealkylation sites (N-methyl/N-ethyl adjacent to an activating group) is 1. The third kappa shape index (κ3) is 7.20. The van der Waals surface area contributed by atoms with E-state index < -0.39 is 24.2 Å². The van der Waals surface area contributed by atoms with Crippen LogP contribution in [0.2, 0.25) is 0 Å². The molecule has 2 heterocycles. The normalized spacial score (nSPS) is 38.2. The lowest BCUT2D eigenvalue weighted by molar-refractivity contribution is -0.190. The molecule has 4 saturated carbocycles. The van der Waals surface area contributed by atoms with E-state index in [0.29, 0.717) is 47.9 Å². The van der Waals surface area contributed by atoms with Crippen molar-refractivity contribution in [3.63, 3.8) is 0 Å². The Balaban J connectivity index is 1.15. The van der Waals surface area contributed by atoms with Crippen LogP contribution < -0.4 is 10.6 Å². The summed E-state index contributed by atoms with van der Waals surface area (Å²) in [5, 5.41) is 29.5. The van der Waals surface area contributed by atoms with Crippen molar-refractivity contribution in [3.05, 3.63) is 35.4 Å². The highest BCUT2D eigenvalue weighted by Crippen LogP contribution is 2.61. The van der Waals surface area contributed by atoms with Gasteiger partial charge in [0.05, 0.1) is 18.8 Å². The van der Waals surface area contributed by atoms with Crippen LogP contribution in [0.3, 0.4) is 0 Å². The van der Waals surface area contributed by atoms with E-state index in [4.69, 9.17) is 9.57 Å². The fraction of sp³-hybridized carbons (Fsp3) is 0.795. The molecule has 2 bridgehead atoms. The smallest absolute Gasteiger partial charge is 0.251 e. The van der Waals surface area contributed by atoms with Crippen LogP contribution in [0.1, 0.15) is 101 Å². The van der Waals surface area contributed by atoms with Crippen LogP contribution in [0.25, 0.3) is 0 Å². The van der Waals surface area contributed by atoms with Gasteiger partial charge in [-0.3, -0.25) is 19.3 Å². The number of likely N-dealkylation sites (tertiary alicyclic amines) is 1. The molecule has 2 amide bonds. The minimum absolute atomic E-state index is 0.0437. The predicted octanol–water partition coefficient (Wildman–Crippen LogP) is 3.96. The maximum absolute atomic E-state index is 14.2. The molecule has 2 saturated heterocycles. The van der Waals surface area contributed by atoms with Crippen LogP contribution in [0.4, 0.5) is 0 Å². The number of methoxy groups -OCH3 is 1. The lowest BCUT2D eigenvalue weighted by Crippen LogP contribution is -2.62. The highest BCUT2D eigenvalue weighted by Gasteiger charge is 2.57. The molecule has 6 fully saturated rings. The van der Waals surface area contributed by atoms with Crippen molar-refractivity contribution >= 4 is 11.8 Å². The highest BCUT2D eigenvalue weighted by atomic mass is 16.7. The number of amides is 2. The Morgan fingerprint density at radius 3 is 2.63 bits per heavy atom. The number of nitrogens with one attached hydrogen (secondary N) is 2. The summed E-state index contributed by atoms with van der Waals surface area (Å²) in [6.07, 6.45) is 5.66. The molecule has 12 atom stereocenters. The fourth-order valence-corrected chi connectivity index (χ4v) is 10.7. The summed E-state index contributed by atoms with van der Waals surface area (Å²) in [6, 6.07) is 7.74. The van der Waals surface area contributed by atoms with Crippen LogP contribution in [0.5, 0.6) is 0 Å². The van der Waals surface area contributed by atoms with Gasteiger partial charge in [-0.05, 0) is 99.4 Å². The van der Waals surface area contributed by atoms with E-state index in [0.717, 1.165) is 50.8 Å². The SMILES string of the molecule is CCN1CCC[C@H]1CNC(=O)c1cccc(C2CCCC(CN3O[C@@H](CO)[C@H]([C@H](C)O)[C@H]3C(=O)NC3C[C@H]4C[C@@H]([C@@H]3C)C4(C)C)C2OC)c1. The van der Waals surface area contributed by atoms with Crippen LogP contribution in [-0.2, 0) is 14.4 Å². The Kier molecular flexibility index (Phi) is 11.4. The van der Waals surface area contributed by atoms with Crippen molar-refractivity contribution in [2.24, 2.45) is 35.0 Å². The van der Waals surface area contributed by atoms with Gasteiger partial charge in [0.1, 0.15) is 12.1 Å². The van der Waals surface area contributed by atoms with E-state index >= 15 is 0 Å². The molecular weight excluding hydrogens is 620 g/mol. The van der Waals surface area contributed by atoms with Gasteiger partial charge in [-0.15, -0.1) is 0 Å². The number of hydrogen-bond acceptors (Lipinski definition) is 8. The van der Waals surface area contributed by atoms with Crippen molar-refractivity contribution in [3.8, 4) is 0 Å². The molecule has 10 heteroatoms. The van der Waals surface area contributed by atoms with Crippen molar-refractivity contribution in [2.45, 2.75) is 122 Å². The molecule has 7 rings (SSSR count). The Labute approximate surface area is 293 Å². The Morgan fingerprint density at radius 2 is 1.96 bits per heavy atom. The van der Waals surface area contributed by atoms with Gasteiger partial charge in [0.2, 0.25) is 5.91 Å². The van der Waals surface area contributed by atoms with Crippen LogP contribution in [0, 0.1) is 35.0 Å². The first-order valence-corrected chi connectivity index (χ1v) is 19.2. The van der Waals surface area contributed by atoms with Gasteiger partial charge in [0.25, 0.3) is 5.91 Å². The van der Waals surface area contributed by atoms with Gasteiger partial charge < -0.3 is 25.6 Å². The molecule has 10 nitrogen and oxygen atoms in total. The maximum atomic E-state index is 14.2. The third-order valence-corrected chi connectivity index (χ3v) is 13.7. The average Bonchev–Trinajstić information content (AvgIpc) is 3.71. The molecule has 0 aromatic heterocycles. The number of benzene rings is 1. The van der Waals surface area contributed by atoms with Crippen LogP contribution >= 0.6 is 0 Å². The first-order chi connectivity index (χ1) is 23.5. The first-order valence-electron chi connectivity index (χ1n) is 19.2. The molecule has 2 aliphatic heterocycles. The van der Waals surface area contributed by atoms with E-state index in [1.54, 1.807) is 19.1 Å². The minimum Gasteiger partial charge on any atom is -0.394 e. The Morgan fingerprint density at radius 1 is 1.16 bits per heavy atom. The maximum Gasteiger partial charge on any atom is 0.251 e. The zero-order valence-electron chi connectivity index (χ0n) is 30.6. The zero-order valence-corrected chi connectivity index (χ0v) is 30.6. The quantitative estimate of drug-likeness (QED) is 0.262. The van der Waals surface area contributed by atoms with E-state index in [2.05, 4.69) is 49.3 Å². The highest BCUT2D eigenvalue weighted by molar-refractivity contribution is 5.94. The topological polar surface area (TPSA) is 124 Å². The minimum atomic E-state index is -0.834. The summed E-state index contributed by atoms with van der Waals surface area (Å²) in [6.45, 7) is 13.8. The van der Waals surface area contributed by atoms with Crippen LogP contribution in [0.15, 0.2) is 24.3 Å². The van der Waals surface area contributed by atoms with Gasteiger partial charge in [0, 0.05) is 55.6 Å². The summed E-state index contributed by atoms with van der Waals surface area (Å²) < 4.78 is 6.23. The molecule has 4 N–H and O–H groups in total. The molecule has 4 aliphatic carbocycles. The molecular formula is C39H62N4O6. The fourth-order valence-electron chi connectivity index (χ4n) is 10.7. The van der Waals surface area contributed by atoms with E-state index in [1.165, 1.54) is 12.8 Å². The predicted molar refractivity (Wildman–Crippen MR) is 189 cm³/mol. The van der Waals surface area contributed by atoms with Crippen molar-refractivity contribution in [1.29, 1.82) is 0 Å². The van der Waals surface area contributed by atoms with E-state index in [1.807, 2.05) is 18.2 Å². The lowest BCUT2D eigenvalue weighted by Gasteiger charge is -2.62. The van der Waals surface area contributed by atoms with Crippen LogP contribution in [-0.4, -0.2) is 108 Å². The van der Waals surface area contributed by atoms with E-state index in [-0.39, 0.29) is 42.4 Å². The molecule has 274 valence electrons. The van der Waals surface area contributed by atoms with Gasteiger partial charge in [-0.25, -0.2) is 0 Å². The molecule has 0 spiro atoms. The molecule has 49 heavy (non-hydrogen) atoms.